The van der Waals surface area contributed by atoms with Crippen molar-refractivity contribution < 1.29 is 5.11 Å². The normalized spacial score (nSPS) is 10.7. The zero-order chi connectivity index (χ0) is 13.9. The Balaban J connectivity index is 2.02. The lowest BCUT2D eigenvalue weighted by atomic mass is 10.0. The van der Waals surface area contributed by atoms with Crippen molar-refractivity contribution in [3.05, 3.63) is 60.2 Å². The third kappa shape index (κ3) is 2.30. The largest absolute Gasteiger partial charge is 0.507 e. The molecule has 0 amide bonds. The van der Waals surface area contributed by atoms with Crippen LogP contribution in [0.4, 0.5) is 0 Å². The van der Waals surface area contributed by atoms with Crippen molar-refractivity contribution in [2.45, 2.75) is 13.3 Å². The summed E-state index contributed by atoms with van der Waals surface area (Å²) in [6.45, 7) is 2.10. The Bertz CT molecular complexity index is 717. The summed E-state index contributed by atoms with van der Waals surface area (Å²) in [5.74, 6) is 0.269. The maximum absolute atomic E-state index is 10.0. The molecule has 1 aromatic heterocycles. The second-order valence-corrected chi connectivity index (χ2v) is 4.74. The minimum atomic E-state index is 0.269. The quantitative estimate of drug-likeness (QED) is 0.750. The highest BCUT2D eigenvalue weighted by Gasteiger charge is 2.09. The smallest absolute Gasteiger partial charge is 0.124 e. The van der Waals surface area contributed by atoms with Crippen LogP contribution >= 0.6 is 0 Å². The van der Waals surface area contributed by atoms with Crippen LogP contribution in [0.1, 0.15) is 12.5 Å². The first-order valence-electron chi connectivity index (χ1n) is 6.71. The molecule has 3 heteroatoms. The van der Waals surface area contributed by atoms with Gasteiger partial charge in [0.05, 0.1) is 11.4 Å². The van der Waals surface area contributed by atoms with Gasteiger partial charge in [0.15, 0.2) is 0 Å². The van der Waals surface area contributed by atoms with Gasteiger partial charge in [-0.15, -0.1) is 0 Å². The van der Waals surface area contributed by atoms with Gasteiger partial charge in [-0.2, -0.15) is 5.10 Å². The molecule has 100 valence electrons. The molecule has 0 aliphatic heterocycles. The molecule has 0 spiro atoms. The fourth-order valence-electron chi connectivity index (χ4n) is 2.24. The lowest BCUT2D eigenvalue weighted by Crippen LogP contribution is -1.84. The van der Waals surface area contributed by atoms with Gasteiger partial charge in [0, 0.05) is 11.1 Å². The summed E-state index contributed by atoms with van der Waals surface area (Å²) < 4.78 is 0. The van der Waals surface area contributed by atoms with E-state index in [1.807, 2.05) is 48.5 Å². The minimum Gasteiger partial charge on any atom is -0.507 e. The fraction of sp³-hybridized carbons (Fsp3) is 0.118. The van der Waals surface area contributed by atoms with E-state index in [1.54, 1.807) is 6.07 Å². The topological polar surface area (TPSA) is 48.9 Å². The molecule has 0 saturated carbocycles. The maximum atomic E-state index is 10.0. The van der Waals surface area contributed by atoms with Gasteiger partial charge in [-0.1, -0.05) is 43.3 Å². The van der Waals surface area contributed by atoms with Crippen molar-refractivity contribution in [2.24, 2.45) is 0 Å². The first-order chi connectivity index (χ1) is 9.78. The van der Waals surface area contributed by atoms with Gasteiger partial charge < -0.3 is 5.11 Å². The molecule has 0 atom stereocenters. The second kappa shape index (κ2) is 5.21. The van der Waals surface area contributed by atoms with Gasteiger partial charge in [0.1, 0.15) is 5.75 Å². The van der Waals surface area contributed by atoms with Gasteiger partial charge in [-0.05, 0) is 30.2 Å². The highest BCUT2D eigenvalue weighted by Crippen LogP contribution is 2.31. The van der Waals surface area contributed by atoms with Crippen LogP contribution in [0.5, 0.6) is 5.75 Å². The molecule has 0 aliphatic rings. The molecule has 1 heterocycles. The molecule has 0 unspecified atom stereocenters. The lowest BCUT2D eigenvalue weighted by Gasteiger charge is -2.04. The molecule has 0 radical (unpaired) electrons. The van der Waals surface area contributed by atoms with Crippen molar-refractivity contribution >= 4 is 0 Å². The molecule has 2 aromatic carbocycles. The van der Waals surface area contributed by atoms with Crippen molar-refractivity contribution in [3.8, 4) is 28.3 Å². The third-order valence-corrected chi connectivity index (χ3v) is 3.41. The van der Waals surface area contributed by atoms with Crippen LogP contribution in [0, 0.1) is 0 Å². The summed E-state index contributed by atoms with van der Waals surface area (Å²) in [4.78, 5) is 0. The Kier molecular flexibility index (Phi) is 3.25. The van der Waals surface area contributed by atoms with Crippen molar-refractivity contribution in [2.75, 3.05) is 0 Å². The highest BCUT2D eigenvalue weighted by molar-refractivity contribution is 5.72. The van der Waals surface area contributed by atoms with Crippen LogP contribution in [-0.4, -0.2) is 15.3 Å². The number of phenolic OH excluding ortho intramolecular Hbond substituents is 1. The Hall–Kier alpha value is -2.55. The number of hydrogen-bond acceptors (Lipinski definition) is 2. The van der Waals surface area contributed by atoms with Gasteiger partial charge in [0.2, 0.25) is 0 Å². The van der Waals surface area contributed by atoms with E-state index >= 15 is 0 Å². The van der Waals surface area contributed by atoms with Gasteiger partial charge in [0.25, 0.3) is 0 Å². The Morgan fingerprint density at radius 2 is 1.85 bits per heavy atom. The van der Waals surface area contributed by atoms with Crippen LogP contribution in [-0.2, 0) is 6.42 Å². The molecule has 0 fully saturated rings. The Morgan fingerprint density at radius 3 is 2.60 bits per heavy atom. The van der Waals surface area contributed by atoms with E-state index in [-0.39, 0.29) is 5.75 Å². The molecule has 20 heavy (non-hydrogen) atoms. The number of H-pyrrole nitrogens is 1. The molecule has 2 N–H and O–H groups in total. The number of phenols is 1. The van der Waals surface area contributed by atoms with E-state index in [4.69, 9.17) is 0 Å². The van der Waals surface area contributed by atoms with Crippen LogP contribution in [0.25, 0.3) is 22.5 Å². The van der Waals surface area contributed by atoms with Crippen LogP contribution in [0.3, 0.4) is 0 Å². The fourth-order valence-corrected chi connectivity index (χ4v) is 2.24. The number of benzene rings is 2. The van der Waals surface area contributed by atoms with Crippen LogP contribution < -0.4 is 0 Å². The minimum absolute atomic E-state index is 0.269. The predicted octanol–water partition coefficient (Wildman–Crippen LogP) is 4.01. The molecule has 3 rings (SSSR count). The number of hydrogen-bond donors (Lipinski definition) is 2. The zero-order valence-electron chi connectivity index (χ0n) is 11.3. The van der Waals surface area contributed by atoms with E-state index < -0.39 is 0 Å². The monoisotopic (exact) mass is 264 g/mol. The average molecular weight is 264 g/mol. The van der Waals surface area contributed by atoms with E-state index in [9.17, 15) is 5.11 Å². The van der Waals surface area contributed by atoms with E-state index in [0.717, 1.165) is 28.9 Å². The second-order valence-electron chi connectivity index (χ2n) is 4.74. The van der Waals surface area contributed by atoms with Crippen LogP contribution in [0.2, 0.25) is 0 Å². The third-order valence-electron chi connectivity index (χ3n) is 3.41. The molecular formula is C17H16N2O. The number of aromatic amines is 1. The number of aryl methyl sites for hydroxylation is 1. The molecule has 3 aromatic rings. The Labute approximate surface area is 117 Å². The number of nitrogens with zero attached hydrogens (tertiary/aromatic N) is 1. The standard InChI is InChI=1S/C17H16N2O/c1-2-12-8-9-17(20)14(10-12)16-11-15(18-19-16)13-6-4-3-5-7-13/h3-11,20H,2H2,1H3,(H,18,19). The van der Waals surface area contributed by atoms with Crippen molar-refractivity contribution in [3.63, 3.8) is 0 Å². The summed E-state index contributed by atoms with van der Waals surface area (Å²) in [6.07, 6.45) is 0.937. The van der Waals surface area contributed by atoms with Crippen LogP contribution in [0.15, 0.2) is 54.6 Å². The molecule has 0 bridgehead atoms. The molecular weight excluding hydrogens is 248 g/mol. The number of rotatable bonds is 3. The number of nitrogens with one attached hydrogen (secondary N) is 1. The van der Waals surface area contributed by atoms with Gasteiger partial charge in [-0.25, -0.2) is 0 Å². The summed E-state index contributed by atoms with van der Waals surface area (Å²) in [6, 6.07) is 17.6. The van der Waals surface area contributed by atoms with Gasteiger partial charge >= 0.3 is 0 Å². The summed E-state index contributed by atoms with van der Waals surface area (Å²) in [5.41, 5.74) is 4.74. The summed E-state index contributed by atoms with van der Waals surface area (Å²) >= 11 is 0. The molecule has 3 nitrogen and oxygen atoms in total. The highest BCUT2D eigenvalue weighted by atomic mass is 16.3. The van der Waals surface area contributed by atoms with Crippen molar-refractivity contribution in [1.29, 1.82) is 0 Å². The lowest BCUT2D eigenvalue weighted by molar-refractivity contribution is 0.477. The number of aromatic nitrogens is 2. The average Bonchev–Trinajstić information content (AvgIpc) is 2.98. The Morgan fingerprint density at radius 1 is 1.05 bits per heavy atom. The SMILES string of the molecule is CCc1ccc(O)c(-c2cc(-c3ccccc3)n[nH]2)c1. The molecule has 0 aliphatic carbocycles. The van der Waals surface area contributed by atoms with Gasteiger partial charge in [-0.3, -0.25) is 5.10 Å². The van der Waals surface area contributed by atoms with Crippen molar-refractivity contribution in [1.82, 2.24) is 10.2 Å². The number of aromatic hydroxyl groups is 1. The first kappa shape index (κ1) is 12.5. The van der Waals surface area contributed by atoms with E-state index in [0.29, 0.717) is 0 Å². The maximum Gasteiger partial charge on any atom is 0.124 e. The van der Waals surface area contributed by atoms with E-state index in [1.165, 1.54) is 5.56 Å². The summed E-state index contributed by atoms with van der Waals surface area (Å²) in [5, 5.41) is 17.3. The predicted molar refractivity (Wildman–Crippen MR) is 80.5 cm³/mol. The first-order valence-corrected chi connectivity index (χ1v) is 6.71. The zero-order valence-corrected chi connectivity index (χ0v) is 11.3. The molecule has 0 saturated heterocycles. The van der Waals surface area contributed by atoms with E-state index in [2.05, 4.69) is 17.1 Å². The summed E-state index contributed by atoms with van der Waals surface area (Å²) in [7, 11) is 0.